The number of benzene rings is 2. The minimum Gasteiger partial charge on any atom is -0.493 e. The van der Waals surface area contributed by atoms with Crippen LogP contribution in [0.2, 0.25) is 5.02 Å². The average Bonchev–Trinajstić information content (AvgIpc) is 3.10. The standard InChI is InChI=1S/C20H19ClF3N3O2/c1-27-8-7-25-19(27)17(13-5-3-4-6-15(13)22)26-11-12-9-14(21)18(29-20(23)24)16(10-12)28-2/h3-10,17,20,26H,11H2,1-2H3/t17-/m0/s1. The Morgan fingerprint density at radius 3 is 2.62 bits per heavy atom. The van der Waals surface area contributed by atoms with Gasteiger partial charge in [0.05, 0.1) is 18.2 Å². The van der Waals surface area contributed by atoms with Gasteiger partial charge in [0.2, 0.25) is 0 Å². The maximum absolute atomic E-state index is 14.4. The summed E-state index contributed by atoms with van der Waals surface area (Å²) in [6, 6.07) is 8.89. The van der Waals surface area contributed by atoms with Crippen LogP contribution in [0, 0.1) is 5.82 Å². The summed E-state index contributed by atoms with van der Waals surface area (Å²) in [5.41, 5.74) is 1.07. The van der Waals surface area contributed by atoms with Gasteiger partial charge in [-0.3, -0.25) is 5.32 Å². The number of ether oxygens (including phenoxy) is 2. The van der Waals surface area contributed by atoms with E-state index in [4.69, 9.17) is 16.3 Å². The van der Waals surface area contributed by atoms with Crippen molar-refractivity contribution in [3.63, 3.8) is 0 Å². The number of nitrogens with zero attached hydrogens (tertiary/aromatic N) is 2. The van der Waals surface area contributed by atoms with Gasteiger partial charge in [0.25, 0.3) is 0 Å². The van der Waals surface area contributed by atoms with Crippen LogP contribution in [0.1, 0.15) is 23.0 Å². The van der Waals surface area contributed by atoms with Gasteiger partial charge in [0.1, 0.15) is 11.6 Å². The third kappa shape index (κ3) is 4.83. The molecule has 0 radical (unpaired) electrons. The number of methoxy groups -OCH3 is 1. The normalized spacial score (nSPS) is 12.2. The zero-order valence-electron chi connectivity index (χ0n) is 15.7. The summed E-state index contributed by atoms with van der Waals surface area (Å²) in [4.78, 5) is 4.32. The zero-order chi connectivity index (χ0) is 21.0. The topological polar surface area (TPSA) is 48.3 Å². The highest BCUT2D eigenvalue weighted by atomic mass is 35.5. The van der Waals surface area contributed by atoms with Crippen LogP contribution < -0.4 is 14.8 Å². The molecule has 154 valence electrons. The van der Waals surface area contributed by atoms with Crippen LogP contribution in [0.4, 0.5) is 13.2 Å². The number of hydrogen-bond acceptors (Lipinski definition) is 4. The predicted molar refractivity (Wildman–Crippen MR) is 103 cm³/mol. The minimum atomic E-state index is -3.03. The maximum atomic E-state index is 14.4. The first-order valence-corrected chi connectivity index (χ1v) is 9.04. The Bertz CT molecular complexity index is 981. The smallest absolute Gasteiger partial charge is 0.387 e. The lowest BCUT2D eigenvalue weighted by Crippen LogP contribution is -2.25. The van der Waals surface area contributed by atoms with E-state index in [1.54, 1.807) is 35.2 Å². The summed E-state index contributed by atoms with van der Waals surface area (Å²) in [6.07, 6.45) is 3.39. The van der Waals surface area contributed by atoms with Crippen molar-refractivity contribution in [2.24, 2.45) is 7.05 Å². The van der Waals surface area contributed by atoms with Gasteiger partial charge in [-0.25, -0.2) is 9.37 Å². The second kappa shape index (κ2) is 9.19. The third-order valence-corrected chi connectivity index (χ3v) is 4.62. The molecule has 2 aromatic carbocycles. The zero-order valence-corrected chi connectivity index (χ0v) is 16.5. The van der Waals surface area contributed by atoms with Crippen LogP contribution in [-0.2, 0) is 13.6 Å². The molecule has 0 bridgehead atoms. The van der Waals surface area contributed by atoms with E-state index in [-0.39, 0.29) is 28.9 Å². The Hall–Kier alpha value is -2.71. The summed E-state index contributed by atoms with van der Waals surface area (Å²) >= 11 is 6.10. The molecule has 9 heteroatoms. The first-order valence-electron chi connectivity index (χ1n) is 8.67. The van der Waals surface area contributed by atoms with Crippen molar-refractivity contribution in [3.8, 4) is 11.5 Å². The first kappa shape index (κ1) is 21.0. The number of rotatable bonds is 8. The van der Waals surface area contributed by atoms with Crippen molar-refractivity contribution in [3.05, 3.63) is 76.6 Å². The molecule has 1 N–H and O–H groups in total. The third-order valence-electron chi connectivity index (χ3n) is 4.34. The average molecular weight is 426 g/mol. The molecule has 0 aliphatic heterocycles. The van der Waals surface area contributed by atoms with Gasteiger partial charge < -0.3 is 14.0 Å². The number of imidazole rings is 1. The fraction of sp³-hybridized carbons (Fsp3) is 0.250. The van der Waals surface area contributed by atoms with Crippen LogP contribution in [0.15, 0.2) is 48.8 Å². The largest absolute Gasteiger partial charge is 0.493 e. The highest BCUT2D eigenvalue weighted by Gasteiger charge is 2.22. The van der Waals surface area contributed by atoms with Gasteiger partial charge in [-0.15, -0.1) is 0 Å². The molecule has 0 amide bonds. The van der Waals surface area contributed by atoms with Crippen molar-refractivity contribution >= 4 is 11.6 Å². The molecule has 0 fully saturated rings. The Morgan fingerprint density at radius 1 is 1.24 bits per heavy atom. The molecule has 1 atom stereocenters. The van der Waals surface area contributed by atoms with E-state index in [1.165, 1.54) is 25.3 Å². The van der Waals surface area contributed by atoms with Crippen LogP contribution in [0.25, 0.3) is 0 Å². The van der Waals surface area contributed by atoms with E-state index in [1.807, 2.05) is 7.05 Å². The number of aryl methyl sites for hydroxylation is 1. The van der Waals surface area contributed by atoms with Crippen LogP contribution in [-0.4, -0.2) is 23.3 Å². The van der Waals surface area contributed by atoms with Gasteiger partial charge >= 0.3 is 6.61 Å². The maximum Gasteiger partial charge on any atom is 0.387 e. The van der Waals surface area contributed by atoms with Gasteiger partial charge in [-0.2, -0.15) is 8.78 Å². The number of halogens is 4. The molecule has 0 saturated carbocycles. The molecule has 0 spiro atoms. The van der Waals surface area contributed by atoms with Crippen molar-refractivity contribution < 1.29 is 22.6 Å². The van der Waals surface area contributed by atoms with Gasteiger partial charge in [-0.1, -0.05) is 29.8 Å². The monoisotopic (exact) mass is 425 g/mol. The van der Waals surface area contributed by atoms with E-state index in [0.717, 1.165) is 0 Å². The van der Waals surface area contributed by atoms with Crippen molar-refractivity contribution in [1.29, 1.82) is 0 Å². The van der Waals surface area contributed by atoms with Crippen LogP contribution in [0.3, 0.4) is 0 Å². The highest BCUT2D eigenvalue weighted by Crippen LogP contribution is 2.37. The van der Waals surface area contributed by atoms with Crippen molar-refractivity contribution in [2.45, 2.75) is 19.2 Å². The molecule has 29 heavy (non-hydrogen) atoms. The summed E-state index contributed by atoms with van der Waals surface area (Å²) in [5, 5.41) is 3.24. The Balaban J connectivity index is 1.90. The fourth-order valence-electron chi connectivity index (χ4n) is 3.00. The van der Waals surface area contributed by atoms with E-state index in [2.05, 4.69) is 15.0 Å². The Kier molecular flexibility index (Phi) is 6.66. The Labute approximate surface area is 171 Å². The first-order chi connectivity index (χ1) is 13.9. The molecular weight excluding hydrogens is 407 g/mol. The number of nitrogens with one attached hydrogen (secondary N) is 1. The van der Waals surface area contributed by atoms with E-state index >= 15 is 0 Å². The number of hydrogen-bond donors (Lipinski definition) is 1. The highest BCUT2D eigenvalue weighted by molar-refractivity contribution is 6.32. The minimum absolute atomic E-state index is 0.0131. The number of aromatic nitrogens is 2. The lowest BCUT2D eigenvalue weighted by atomic mass is 10.0. The van der Waals surface area contributed by atoms with Gasteiger partial charge in [0.15, 0.2) is 11.5 Å². The molecule has 0 aliphatic rings. The molecule has 1 heterocycles. The molecular formula is C20H19ClF3N3O2. The van der Waals surface area contributed by atoms with Crippen LogP contribution >= 0.6 is 11.6 Å². The lowest BCUT2D eigenvalue weighted by molar-refractivity contribution is -0.0511. The second-order valence-electron chi connectivity index (χ2n) is 6.22. The van der Waals surface area contributed by atoms with Crippen molar-refractivity contribution in [2.75, 3.05) is 7.11 Å². The summed E-state index contributed by atoms with van der Waals surface area (Å²) in [7, 11) is 3.14. The SMILES string of the molecule is COc1cc(CN[C@@H](c2ccccc2F)c2nccn2C)cc(Cl)c1OC(F)F. The van der Waals surface area contributed by atoms with Gasteiger partial charge in [-0.05, 0) is 23.8 Å². The number of alkyl halides is 2. The molecule has 0 unspecified atom stereocenters. The molecule has 5 nitrogen and oxygen atoms in total. The fourth-order valence-corrected chi connectivity index (χ4v) is 3.28. The van der Waals surface area contributed by atoms with E-state index in [0.29, 0.717) is 17.0 Å². The van der Waals surface area contributed by atoms with Crippen molar-refractivity contribution in [1.82, 2.24) is 14.9 Å². The molecule has 3 rings (SSSR count). The quantitative estimate of drug-likeness (QED) is 0.568. The second-order valence-corrected chi connectivity index (χ2v) is 6.63. The van der Waals surface area contributed by atoms with E-state index < -0.39 is 12.7 Å². The predicted octanol–water partition coefficient (Wildman–Crippen LogP) is 4.70. The van der Waals surface area contributed by atoms with Crippen LogP contribution in [0.5, 0.6) is 11.5 Å². The molecule has 3 aromatic rings. The van der Waals surface area contributed by atoms with E-state index in [9.17, 15) is 13.2 Å². The molecule has 0 aliphatic carbocycles. The summed E-state index contributed by atoms with van der Waals surface area (Å²) < 4.78 is 51.0. The summed E-state index contributed by atoms with van der Waals surface area (Å²) in [6.45, 7) is -2.78. The lowest BCUT2D eigenvalue weighted by Gasteiger charge is -2.20. The van der Waals surface area contributed by atoms with Gasteiger partial charge in [0, 0.05) is 31.5 Å². The Morgan fingerprint density at radius 2 is 2.00 bits per heavy atom. The molecule has 0 saturated heterocycles. The molecule has 1 aromatic heterocycles. The summed E-state index contributed by atoms with van der Waals surface area (Å²) in [5.74, 6) is 0.0896.